The minimum absolute atomic E-state index is 0.897. The molecule has 1 unspecified atom stereocenters. The minimum atomic E-state index is 0.897. The third-order valence-electron chi connectivity index (χ3n) is 3.77. The van der Waals surface area contributed by atoms with Crippen LogP contribution in [0.2, 0.25) is 0 Å². The maximum absolute atomic E-state index is 4.32. The minimum Gasteiger partial charge on any atom is -0.370 e. The highest BCUT2D eigenvalue weighted by Crippen LogP contribution is 2.21. The van der Waals surface area contributed by atoms with Crippen LogP contribution in [0.15, 0.2) is 18.3 Å². The fraction of sp³-hybridized carbons (Fsp3) is 0.667. The molecule has 1 aliphatic heterocycles. The lowest BCUT2D eigenvalue weighted by atomic mass is 9.95. The van der Waals surface area contributed by atoms with Crippen molar-refractivity contribution in [1.29, 1.82) is 0 Å². The summed E-state index contributed by atoms with van der Waals surface area (Å²) >= 11 is 0. The van der Waals surface area contributed by atoms with Gasteiger partial charge in [0.15, 0.2) is 0 Å². The SMILES string of the molecule is CCNc1cc(CN2CCCC(CC)C2)ccn1. The topological polar surface area (TPSA) is 28.2 Å². The van der Waals surface area contributed by atoms with Crippen LogP contribution in [0, 0.1) is 5.92 Å². The van der Waals surface area contributed by atoms with Crippen LogP contribution >= 0.6 is 0 Å². The molecule has 1 N–H and O–H groups in total. The lowest BCUT2D eigenvalue weighted by molar-refractivity contribution is 0.164. The Labute approximate surface area is 111 Å². The zero-order valence-corrected chi connectivity index (χ0v) is 11.7. The molecule has 1 aliphatic rings. The van der Waals surface area contributed by atoms with E-state index in [1.807, 2.05) is 6.20 Å². The van der Waals surface area contributed by atoms with Gasteiger partial charge in [0.2, 0.25) is 0 Å². The van der Waals surface area contributed by atoms with Crippen molar-refractivity contribution in [3.05, 3.63) is 23.9 Å². The van der Waals surface area contributed by atoms with Crippen LogP contribution in [-0.4, -0.2) is 29.5 Å². The van der Waals surface area contributed by atoms with Gasteiger partial charge in [-0.2, -0.15) is 0 Å². The molecule has 0 radical (unpaired) electrons. The first-order valence-electron chi connectivity index (χ1n) is 7.23. The van der Waals surface area contributed by atoms with E-state index in [2.05, 4.69) is 41.2 Å². The Balaban J connectivity index is 1.93. The Morgan fingerprint density at radius 1 is 1.44 bits per heavy atom. The summed E-state index contributed by atoms with van der Waals surface area (Å²) in [4.78, 5) is 6.91. The second kappa shape index (κ2) is 6.74. The van der Waals surface area contributed by atoms with Crippen molar-refractivity contribution < 1.29 is 0 Å². The third kappa shape index (κ3) is 3.70. The van der Waals surface area contributed by atoms with Crippen LogP contribution in [0.5, 0.6) is 0 Å². The summed E-state index contributed by atoms with van der Waals surface area (Å²) < 4.78 is 0. The Morgan fingerprint density at radius 2 is 2.33 bits per heavy atom. The molecule has 1 fully saturated rings. The molecule has 0 aliphatic carbocycles. The van der Waals surface area contributed by atoms with Crippen LogP contribution in [0.25, 0.3) is 0 Å². The Morgan fingerprint density at radius 3 is 3.11 bits per heavy atom. The predicted octanol–water partition coefficient (Wildman–Crippen LogP) is 3.14. The normalized spacial score (nSPS) is 20.9. The number of hydrogen-bond donors (Lipinski definition) is 1. The van der Waals surface area contributed by atoms with Crippen molar-refractivity contribution in [2.45, 2.75) is 39.7 Å². The highest BCUT2D eigenvalue weighted by molar-refractivity contribution is 5.37. The van der Waals surface area contributed by atoms with E-state index in [9.17, 15) is 0 Å². The maximum Gasteiger partial charge on any atom is 0.126 e. The fourth-order valence-corrected chi connectivity index (χ4v) is 2.74. The molecule has 0 saturated carbocycles. The number of aromatic nitrogens is 1. The number of nitrogens with zero attached hydrogens (tertiary/aromatic N) is 2. The summed E-state index contributed by atoms with van der Waals surface area (Å²) in [5.41, 5.74) is 1.37. The monoisotopic (exact) mass is 247 g/mol. The zero-order valence-electron chi connectivity index (χ0n) is 11.7. The Hall–Kier alpha value is -1.09. The van der Waals surface area contributed by atoms with Gasteiger partial charge in [-0.1, -0.05) is 13.3 Å². The lowest BCUT2D eigenvalue weighted by Gasteiger charge is -2.32. The van der Waals surface area contributed by atoms with E-state index < -0.39 is 0 Å². The van der Waals surface area contributed by atoms with Crippen LogP contribution in [0.4, 0.5) is 5.82 Å². The van der Waals surface area contributed by atoms with Crippen molar-refractivity contribution in [1.82, 2.24) is 9.88 Å². The number of anilines is 1. The van der Waals surface area contributed by atoms with Gasteiger partial charge in [-0.05, 0) is 49.9 Å². The molecule has 0 bridgehead atoms. The molecule has 18 heavy (non-hydrogen) atoms. The molecule has 0 spiro atoms. The fourth-order valence-electron chi connectivity index (χ4n) is 2.74. The number of nitrogens with one attached hydrogen (secondary N) is 1. The molecule has 1 saturated heterocycles. The van der Waals surface area contributed by atoms with Gasteiger partial charge in [0, 0.05) is 25.8 Å². The largest absolute Gasteiger partial charge is 0.370 e. The lowest BCUT2D eigenvalue weighted by Crippen LogP contribution is -2.34. The van der Waals surface area contributed by atoms with Gasteiger partial charge in [-0.25, -0.2) is 4.98 Å². The molecular weight excluding hydrogens is 222 g/mol. The average Bonchev–Trinajstić information content (AvgIpc) is 2.40. The zero-order chi connectivity index (χ0) is 12.8. The average molecular weight is 247 g/mol. The summed E-state index contributed by atoms with van der Waals surface area (Å²) in [6, 6.07) is 4.31. The molecular formula is C15H25N3. The van der Waals surface area contributed by atoms with Crippen LogP contribution in [0.1, 0.15) is 38.7 Å². The van der Waals surface area contributed by atoms with Gasteiger partial charge >= 0.3 is 0 Å². The van der Waals surface area contributed by atoms with Crippen molar-refractivity contribution in [3.63, 3.8) is 0 Å². The van der Waals surface area contributed by atoms with Gasteiger partial charge < -0.3 is 5.32 Å². The van der Waals surface area contributed by atoms with Crippen LogP contribution in [-0.2, 0) is 6.54 Å². The van der Waals surface area contributed by atoms with Crippen molar-refractivity contribution in [3.8, 4) is 0 Å². The summed E-state index contributed by atoms with van der Waals surface area (Å²) in [6.07, 6.45) is 5.99. The Kier molecular flexibility index (Phi) is 5.00. The molecule has 100 valence electrons. The Bertz CT molecular complexity index is 365. The highest BCUT2D eigenvalue weighted by Gasteiger charge is 2.18. The van der Waals surface area contributed by atoms with Crippen molar-refractivity contribution in [2.24, 2.45) is 5.92 Å². The van der Waals surface area contributed by atoms with E-state index in [4.69, 9.17) is 0 Å². The predicted molar refractivity (Wildman–Crippen MR) is 76.7 cm³/mol. The van der Waals surface area contributed by atoms with Gasteiger partial charge in [0.05, 0.1) is 0 Å². The molecule has 1 aromatic rings. The summed E-state index contributed by atoms with van der Waals surface area (Å²) in [6.45, 7) is 8.91. The van der Waals surface area contributed by atoms with E-state index in [1.165, 1.54) is 37.9 Å². The van der Waals surface area contributed by atoms with E-state index in [1.54, 1.807) is 0 Å². The molecule has 3 nitrogen and oxygen atoms in total. The van der Waals surface area contributed by atoms with Gasteiger partial charge in [0.1, 0.15) is 5.82 Å². The number of piperidine rings is 1. The molecule has 0 aromatic carbocycles. The van der Waals surface area contributed by atoms with Gasteiger partial charge in [0.25, 0.3) is 0 Å². The van der Waals surface area contributed by atoms with Crippen molar-refractivity contribution in [2.75, 3.05) is 25.0 Å². The summed E-state index contributed by atoms with van der Waals surface area (Å²) in [5, 5.41) is 3.28. The molecule has 0 amide bonds. The molecule has 1 aromatic heterocycles. The number of pyridine rings is 1. The van der Waals surface area contributed by atoms with Gasteiger partial charge in [-0.15, -0.1) is 0 Å². The molecule has 1 atom stereocenters. The van der Waals surface area contributed by atoms with E-state index in [-0.39, 0.29) is 0 Å². The second-order valence-corrected chi connectivity index (χ2v) is 5.23. The first-order chi connectivity index (χ1) is 8.81. The number of hydrogen-bond acceptors (Lipinski definition) is 3. The van der Waals surface area contributed by atoms with Gasteiger partial charge in [-0.3, -0.25) is 4.90 Å². The quantitative estimate of drug-likeness (QED) is 0.866. The molecule has 2 rings (SSSR count). The second-order valence-electron chi connectivity index (χ2n) is 5.23. The summed E-state index contributed by atoms with van der Waals surface area (Å²) in [5.74, 6) is 1.90. The smallest absolute Gasteiger partial charge is 0.126 e. The van der Waals surface area contributed by atoms with E-state index >= 15 is 0 Å². The van der Waals surface area contributed by atoms with E-state index in [0.29, 0.717) is 0 Å². The maximum atomic E-state index is 4.32. The molecule has 2 heterocycles. The number of likely N-dealkylation sites (tertiary alicyclic amines) is 1. The highest BCUT2D eigenvalue weighted by atomic mass is 15.1. The number of rotatable bonds is 5. The van der Waals surface area contributed by atoms with Crippen LogP contribution < -0.4 is 5.32 Å². The van der Waals surface area contributed by atoms with Crippen LogP contribution in [0.3, 0.4) is 0 Å². The third-order valence-corrected chi connectivity index (χ3v) is 3.77. The molecule has 3 heteroatoms. The standard InChI is InChI=1S/C15H25N3/c1-3-13-6-5-9-18(11-13)12-14-7-8-17-15(10-14)16-4-2/h7-8,10,13H,3-6,9,11-12H2,1-2H3,(H,16,17). The first kappa shape index (κ1) is 13.3. The van der Waals surface area contributed by atoms with Crippen molar-refractivity contribution >= 4 is 5.82 Å². The summed E-state index contributed by atoms with van der Waals surface area (Å²) in [7, 11) is 0. The first-order valence-corrected chi connectivity index (χ1v) is 7.23. The van der Waals surface area contributed by atoms with E-state index in [0.717, 1.165) is 24.8 Å².